The first kappa shape index (κ1) is 11.3. The molecule has 3 nitrogen and oxygen atoms in total. The fourth-order valence-corrected chi connectivity index (χ4v) is 2.12. The van der Waals surface area contributed by atoms with Crippen LogP contribution in [0.5, 0.6) is 5.75 Å². The van der Waals surface area contributed by atoms with Crippen LogP contribution in [0.4, 0.5) is 4.39 Å². The van der Waals surface area contributed by atoms with Gasteiger partial charge in [0.1, 0.15) is 17.6 Å². The van der Waals surface area contributed by atoms with E-state index >= 15 is 0 Å². The third kappa shape index (κ3) is 1.81. The minimum absolute atomic E-state index is 0.173. The number of benzene rings is 2. The molecule has 0 unspecified atom stereocenters. The van der Waals surface area contributed by atoms with Crippen molar-refractivity contribution < 1.29 is 9.50 Å². The van der Waals surface area contributed by atoms with Crippen molar-refractivity contribution in [1.29, 1.82) is 5.26 Å². The Balaban J connectivity index is 2.30. The lowest BCUT2D eigenvalue weighted by atomic mass is 10.2. The van der Waals surface area contributed by atoms with Crippen LogP contribution in [-0.2, 0) is 0 Å². The molecular weight excluding hydrogens is 243 g/mol. The quantitative estimate of drug-likeness (QED) is 0.722. The van der Waals surface area contributed by atoms with Gasteiger partial charge in [-0.15, -0.1) is 0 Å². The van der Waals surface area contributed by atoms with Gasteiger partial charge in [-0.1, -0.05) is 0 Å². The molecule has 3 aromatic rings. The van der Waals surface area contributed by atoms with Gasteiger partial charge in [-0.3, -0.25) is 0 Å². The van der Waals surface area contributed by atoms with E-state index in [2.05, 4.69) is 6.07 Å². The van der Waals surface area contributed by atoms with Gasteiger partial charge in [-0.25, -0.2) is 4.39 Å². The summed E-state index contributed by atoms with van der Waals surface area (Å²) in [6, 6.07) is 13.0. The molecule has 1 N–H and O–H groups in total. The second-order valence-corrected chi connectivity index (χ2v) is 4.20. The van der Waals surface area contributed by atoms with Crippen molar-refractivity contribution in [3.05, 3.63) is 60.0 Å². The second kappa shape index (κ2) is 4.14. The number of aromatic hydroxyl groups is 1. The maximum atomic E-state index is 13.3. The maximum absolute atomic E-state index is 13.3. The molecule has 0 radical (unpaired) electrons. The summed E-state index contributed by atoms with van der Waals surface area (Å²) < 4.78 is 15.1. The average molecular weight is 252 g/mol. The topological polar surface area (TPSA) is 49.0 Å². The number of hydrogen-bond donors (Lipinski definition) is 1. The largest absolute Gasteiger partial charge is 0.508 e. The predicted molar refractivity (Wildman–Crippen MR) is 69.6 cm³/mol. The number of hydrogen-bond acceptors (Lipinski definition) is 2. The zero-order valence-corrected chi connectivity index (χ0v) is 9.84. The second-order valence-electron chi connectivity index (χ2n) is 4.20. The number of aromatic nitrogens is 1. The normalized spacial score (nSPS) is 10.5. The third-order valence-corrected chi connectivity index (χ3v) is 3.01. The van der Waals surface area contributed by atoms with Crippen molar-refractivity contribution in [1.82, 2.24) is 4.57 Å². The number of phenols is 1. The Bertz CT molecular complexity index is 797. The number of fused-ring (bicyclic) bond motifs is 1. The van der Waals surface area contributed by atoms with Crippen LogP contribution < -0.4 is 0 Å². The summed E-state index contributed by atoms with van der Waals surface area (Å²) in [5, 5.41) is 19.0. The van der Waals surface area contributed by atoms with Crippen LogP contribution in [0.1, 0.15) is 5.56 Å². The van der Waals surface area contributed by atoms with Gasteiger partial charge in [0.15, 0.2) is 0 Å². The van der Waals surface area contributed by atoms with Crippen LogP contribution in [0, 0.1) is 17.1 Å². The first-order valence-corrected chi connectivity index (χ1v) is 5.69. The van der Waals surface area contributed by atoms with E-state index in [4.69, 9.17) is 5.26 Å². The summed E-state index contributed by atoms with van der Waals surface area (Å²) in [5.74, 6) is -0.195. The van der Waals surface area contributed by atoms with Gasteiger partial charge < -0.3 is 9.67 Å². The van der Waals surface area contributed by atoms with E-state index in [0.717, 1.165) is 11.2 Å². The molecule has 3 rings (SSSR count). The van der Waals surface area contributed by atoms with E-state index in [9.17, 15) is 9.50 Å². The molecule has 0 amide bonds. The SMILES string of the molecule is N#Cc1cn(-c2ccc(O)cc2)c2ccc(F)cc12. The van der Waals surface area contributed by atoms with Gasteiger partial charge in [0.05, 0.1) is 11.1 Å². The highest BCUT2D eigenvalue weighted by Crippen LogP contribution is 2.26. The van der Waals surface area contributed by atoms with E-state index in [1.807, 2.05) is 0 Å². The first-order chi connectivity index (χ1) is 9.19. The van der Waals surface area contributed by atoms with Crippen LogP contribution >= 0.6 is 0 Å². The van der Waals surface area contributed by atoms with Crippen LogP contribution in [0.15, 0.2) is 48.7 Å². The molecule has 0 atom stereocenters. The number of phenolic OH excluding ortho intramolecular Hbond substituents is 1. The molecule has 0 saturated heterocycles. The van der Waals surface area contributed by atoms with Crippen LogP contribution in [0.25, 0.3) is 16.6 Å². The van der Waals surface area contributed by atoms with Crippen molar-refractivity contribution in [2.75, 3.05) is 0 Å². The van der Waals surface area contributed by atoms with E-state index in [0.29, 0.717) is 10.9 Å². The summed E-state index contributed by atoms with van der Waals surface area (Å²) in [6.45, 7) is 0. The molecule has 1 heterocycles. The van der Waals surface area contributed by atoms with E-state index < -0.39 is 0 Å². The van der Waals surface area contributed by atoms with Crippen LogP contribution in [-0.4, -0.2) is 9.67 Å². The van der Waals surface area contributed by atoms with Crippen molar-refractivity contribution in [3.63, 3.8) is 0 Å². The zero-order chi connectivity index (χ0) is 13.4. The van der Waals surface area contributed by atoms with Gasteiger partial charge >= 0.3 is 0 Å². The minimum atomic E-state index is -0.368. The van der Waals surface area contributed by atoms with Crippen molar-refractivity contribution in [2.24, 2.45) is 0 Å². The minimum Gasteiger partial charge on any atom is -0.508 e. The highest BCUT2D eigenvalue weighted by atomic mass is 19.1. The smallest absolute Gasteiger partial charge is 0.124 e. The highest BCUT2D eigenvalue weighted by Gasteiger charge is 2.10. The number of nitrogens with zero attached hydrogens (tertiary/aromatic N) is 2. The maximum Gasteiger partial charge on any atom is 0.124 e. The van der Waals surface area contributed by atoms with Crippen LogP contribution in [0.2, 0.25) is 0 Å². The molecule has 19 heavy (non-hydrogen) atoms. The molecule has 0 bridgehead atoms. The van der Waals surface area contributed by atoms with Gasteiger partial charge in [0, 0.05) is 17.3 Å². The van der Waals surface area contributed by atoms with Crippen LogP contribution in [0.3, 0.4) is 0 Å². The standard InChI is InChI=1S/C15H9FN2O/c16-11-1-6-15-14(7-11)10(8-17)9-18(15)12-2-4-13(19)5-3-12/h1-7,9,19H. The van der Waals surface area contributed by atoms with Gasteiger partial charge in [-0.2, -0.15) is 5.26 Å². The lowest BCUT2D eigenvalue weighted by Crippen LogP contribution is -1.90. The molecule has 2 aromatic carbocycles. The predicted octanol–water partition coefficient (Wildman–Crippen LogP) is 3.35. The molecule has 1 aromatic heterocycles. The Morgan fingerprint density at radius 2 is 1.84 bits per heavy atom. The molecule has 0 aliphatic heterocycles. The Hall–Kier alpha value is -2.80. The Kier molecular flexibility index (Phi) is 2.46. The summed E-state index contributed by atoms with van der Waals surface area (Å²) in [7, 11) is 0. The van der Waals surface area contributed by atoms with E-state index in [-0.39, 0.29) is 11.6 Å². The Morgan fingerprint density at radius 1 is 1.11 bits per heavy atom. The monoisotopic (exact) mass is 252 g/mol. The highest BCUT2D eigenvalue weighted by molar-refractivity contribution is 5.88. The number of halogens is 1. The van der Waals surface area contributed by atoms with Crippen molar-refractivity contribution in [2.45, 2.75) is 0 Å². The van der Waals surface area contributed by atoms with E-state index in [1.54, 1.807) is 41.1 Å². The lowest BCUT2D eigenvalue weighted by molar-refractivity contribution is 0.475. The molecule has 0 saturated carbocycles. The molecule has 0 aliphatic rings. The molecule has 0 fully saturated rings. The van der Waals surface area contributed by atoms with Gasteiger partial charge in [0.2, 0.25) is 0 Å². The number of rotatable bonds is 1. The summed E-state index contributed by atoms with van der Waals surface area (Å²) in [5.41, 5.74) is 1.97. The van der Waals surface area contributed by atoms with Gasteiger partial charge in [0.25, 0.3) is 0 Å². The summed E-state index contributed by atoms with van der Waals surface area (Å²) in [4.78, 5) is 0. The third-order valence-electron chi connectivity index (χ3n) is 3.01. The van der Waals surface area contributed by atoms with Gasteiger partial charge in [-0.05, 0) is 42.5 Å². The number of nitriles is 1. The van der Waals surface area contributed by atoms with Crippen molar-refractivity contribution >= 4 is 10.9 Å². The average Bonchev–Trinajstić information content (AvgIpc) is 2.77. The molecule has 92 valence electrons. The summed E-state index contributed by atoms with van der Waals surface area (Å²) >= 11 is 0. The zero-order valence-electron chi connectivity index (χ0n) is 9.84. The summed E-state index contributed by atoms with van der Waals surface area (Å²) in [6.07, 6.45) is 1.66. The molecule has 0 aliphatic carbocycles. The van der Waals surface area contributed by atoms with E-state index in [1.165, 1.54) is 12.1 Å². The fourth-order valence-electron chi connectivity index (χ4n) is 2.12. The van der Waals surface area contributed by atoms with Crippen molar-refractivity contribution in [3.8, 4) is 17.5 Å². The molecule has 4 heteroatoms. The Labute approximate surface area is 108 Å². The fraction of sp³-hybridized carbons (Fsp3) is 0. The molecule has 0 spiro atoms. The molecular formula is C15H9FN2O. The first-order valence-electron chi connectivity index (χ1n) is 5.69. The lowest BCUT2D eigenvalue weighted by Gasteiger charge is -2.05. The Morgan fingerprint density at radius 3 is 2.53 bits per heavy atom.